The van der Waals surface area contributed by atoms with Crippen LogP contribution < -0.4 is 10.0 Å². The number of nitrogens with zero attached hydrogens (tertiary/aromatic N) is 4. The monoisotopic (exact) mass is 299 g/mol. The summed E-state index contributed by atoms with van der Waals surface area (Å²) in [7, 11) is -1.95. The number of aromatic amines is 1. The van der Waals surface area contributed by atoms with Crippen molar-refractivity contribution < 1.29 is 8.42 Å². The number of sulfonamides is 1. The van der Waals surface area contributed by atoms with Gasteiger partial charge in [0.25, 0.3) is 10.0 Å². The van der Waals surface area contributed by atoms with Crippen molar-refractivity contribution in [1.82, 2.24) is 35.0 Å². The lowest BCUT2D eigenvalue weighted by atomic mass is 10.3. The SMILES string of the molecule is CCNCc1cn[nH]c1S(=O)(=O)NCc1ncn(C)n1. The Bertz CT molecular complexity index is 661. The minimum Gasteiger partial charge on any atom is -0.313 e. The second kappa shape index (κ2) is 6.11. The largest absolute Gasteiger partial charge is 0.313 e. The van der Waals surface area contributed by atoms with Crippen molar-refractivity contribution in [2.75, 3.05) is 6.54 Å². The van der Waals surface area contributed by atoms with E-state index in [2.05, 4.69) is 30.3 Å². The minimum atomic E-state index is -3.66. The summed E-state index contributed by atoms with van der Waals surface area (Å²) in [5.41, 5.74) is 0.591. The average molecular weight is 299 g/mol. The van der Waals surface area contributed by atoms with Crippen LogP contribution in [-0.2, 0) is 30.2 Å². The van der Waals surface area contributed by atoms with Crippen LogP contribution in [0.25, 0.3) is 0 Å². The van der Waals surface area contributed by atoms with E-state index in [-0.39, 0.29) is 11.6 Å². The van der Waals surface area contributed by atoms with E-state index in [0.29, 0.717) is 17.9 Å². The summed E-state index contributed by atoms with van der Waals surface area (Å²) in [6.45, 7) is 3.16. The molecule has 0 aliphatic rings. The lowest BCUT2D eigenvalue weighted by Gasteiger charge is -2.06. The fourth-order valence-electron chi connectivity index (χ4n) is 1.61. The summed E-state index contributed by atoms with van der Waals surface area (Å²) in [6.07, 6.45) is 3.01. The maximum absolute atomic E-state index is 12.2. The average Bonchev–Trinajstić information content (AvgIpc) is 3.03. The quantitative estimate of drug-likeness (QED) is 0.611. The number of aryl methyl sites for hydroxylation is 1. The summed E-state index contributed by atoms with van der Waals surface area (Å²) < 4.78 is 28.3. The molecule has 0 amide bonds. The van der Waals surface area contributed by atoms with Crippen molar-refractivity contribution in [3.63, 3.8) is 0 Å². The van der Waals surface area contributed by atoms with Crippen molar-refractivity contribution >= 4 is 10.0 Å². The van der Waals surface area contributed by atoms with Crippen LogP contribution in [-0.4, -0.2) is 39.9 Å². The summed E-state index contributed by atoms with van der Waals surface area (Å²) >= 11 is 0. The molecular weight excluding hydrogens is 282 g/mol. The van der Waals surface area contributed by atoms with Crippen LogP contribution in [0.4, 0.5) is 0 Å². The highest BCUT2D eigenvalue weighted by Crippen LogP contribution is 2.11. The first-order valence-corrected chi connectivity index (χ1v) is 7.58. The zero-order valence-electron chi connectivity index (χ0n) is 11.3. The van der Waals surface area contributed by atoms with Gasteiger partial charge in [0, 0.05) is 19.2 Å². The first-order valence-electron chi connectivity index (χ1n) is 6.10. The summed E-state index contributed by atoms with van der Waals surface area (Å²) in [5.74, 6) is 0.406. The fourth-order valence-corrected chi connectivity index (χ4v) is 2.72. The van der Waals surface area contributed by atoms with E-state index >= 15 is 0 Å². The van der Waals surface area contributed by atoms with Gasteiger partial charge in [0.15, 0.2) is 10.9 Å². The van der Waals surface area contributed by atoms with Gasteiger partial charge < -0.3 is 5.32 Å². The Morgan fingerprint density at radius 2 is 2.20 bits per heavy atom. The van der Waals surface area contributed by atoms with Gasteiger partial charge in [-0.1, -0.05) is 6.92 Å². The van der Waals surface area contributed by atoms with E-state index < -0.39 is 10.0 Å². The molecular formula is C10H17N7O2S. The van der Waals surface area contributed by atoms with Gasteiger partial charge in [0.2, 0.25) is 0 Å². The first kappa shape index (κ1) is 14.6. The zero-order chi connectivity index (χ0) is 14.6. The zero-order valence-corrected chi connectivity index (χ0v) is 12.1. The standard InChI is InChI=1S/C10H17N7O2S/c1-3-11-4-8-5-13-15-10(8)20(18,19)14-6-9-12-7-17(2)16-9/h5,7,11,14H,3-4,6H2,1-2H3,(H,13,15). The molecule has 20 heavy (non-hydrogen) atoms. The number of hydrogen-bond acceptors (Lipinski definition) is 6. The van der Waals surface area contributed by atoms with E-state index in [1.165, 1.54) is 17.2 Å². The molecule has 0 bridgehead atoms. The summed E-state index contributed by atoms with van der Waals surface area (Å²) in [5, 5.41) is 13.4. The molecule has 110 valence electrons. The van der Waals surface area contributed by atoms with Crippen molar-refractivity contribution in [1.29, 1.82) is 0 Å². The highest BCUT2D eigenvalue weighted by Gasteiger charge is 2.20. The lowest BCUT2D eigenvalue weighted by molar-refractivity contribution is 0.571. The molecule has 0 aromatic carbocycles. The van der Waals surface area contributed by atoms with Crippen LogP contribution in [0.15, 0.2) is 17.6 Å². The predicted octanol–water partition coefficient (Wildman–Crippen LogP) is -0.874. The Balaban J connectivity index is 2.08. The summed E-state index contributed by atoms with van der Waals surface area (Å²) in [6, 6.07) is 0. The number of H-pyrrole nitrogens is 1. The van der Waals surface area contributed by atoms with Gasteiger partial charge in [-0.3, -0.25) is 9.78 Å². The predicted molar refractivity (Wildman–Crippen MR) is 71.0 cm³/mol. The van der Waals surface area contributed by atoms with Crippen LogP contribution in [0.2, 0.25) is 0 Å². The normalized spacial score (nSPS) is 11.9. The second-order valence-electron chi connectivity index (χ2n) is 4.16. The number of rotatable bonds is 7. The van der Waals surface area contributed by atoms with E-state index in [1.54, 1.807) is 7.05 Å². The molecule has 0 radical (unpaired) electrons. The molecule has 0 saturated heterocycles. The van der Waals surface area contributed by atoms with Gasteiger partial charge in [-0.2, -0.15) is 10.2 Å². The molecule has 2 heterocycles. The van der Waals surface area contributed by atoms with Gasteiger partial charge in [-0.05, 0) is 6.54 Å². The molecule has 2 aromatic rings. The maximum atomic E-state index is 12.2. The molecule has 9 nitrogen and oxygen atoms in total. The van der Waals surface area contributed by atoms with Crippen LogP contribution in [0.1, 0.15) is 18.3 Å². The number of nitrogens with one attached hydrogen (secondary N) is 3. The highest BCUT2D eigenvalue weighted by atomic mass is 32.2. The van der Waals surface area contributed by atoms with Gasteiger partial charge in [-0.15, -0.1) is 0 Å². The van der Waals surface area contributed by atoms with Gasteiger partial charge in [0.05, 0.1) is 12.7 Å². The van der Waals surface area contributed by atoms with Crippen LogP contribution in [0, 0.1) is 0 Å². The maximum Gasteiger partial charge on any atom is 0.258 e. The fraction of sp³-hybridized carbons (Fsp3) is 0.500. The number of hydrogen-bond donors (Lipinski definition) is 3. The minimum absolute atomic E-state index is 0.0306. The molecule has 0 aliphatic heterocycles. The second-order valence-corrected chi connectivity index (χ2v) is 5.87. The highest BCUT2D eigenvalue weighted by molar-refractivity contribution is 7.89. The lowest BCUT2D eigenvalue weighted by Crippen LogP contribution is -2.26. The topological polar surface area (TPSA) is 118 Å². The van der Waals surface area contributed by atoms with E-state index in [1.807, 2.05) is 6.92 Å². The van der Waals surface area contributed by atoms with Crippen molar-refractivity contribution in [2.24, 2.45) is 7.05 Å². The molecule has 0 saturated carbocycles. The first-order chi connectivity index (χ1) is 9.53. The Labute approximate surface area is 116 Å². The Hall–Kier alpha value is -1.78. The van der Waals surface area contributed by atoms with Gasteiger partial charge in [0.1, 0.15) is 6.33 Å². The van der Waals surface area contributed by atoms with Crippen molar-refractivity contribution in [2.45, 2.75) is 25.0 Å². The van der Waals surface area contributed by atoms with E-state index in [0.717, 1.165) is 6.54 Å². The van der Waals surface area contributed by atoms with Crippen LogP contribution >= 0.6 is 0 Å². The molecule has 2 aromatic heterocycles. The Morgan fingerprint density at radius 1 is 1.40 bits per heavy atom. The van der Waals surface area contributed by atoms with Crippen molar-refractivity contribution in [3.05, 3.63) is 23.9 Å². The van der Waals surface area contributed by atoms with E-state index in [4.69, 9.17) is 0 Å². The molecule has 2 rings (SSSR count). The summed E-state index contributed by atoms with van der Waals surface area (Å²) in [4.78, 5) is 3.96. The van der Waals surface area contributed by atoms with Gasteiger partial charge in [-0.25, -0.2) is 18.1 Å². The van der Waals surface area contributed by atoms with Gasteiger partial charge >= 0.3 is 0 Å². The Kier molecular flexibility index (Phi) is 4.47. The molecule has 0 aliphatic carbocycles. The molecule has 10 heteroatoms. The van der Waals surface area contributed by atoms with E-state index in [9.17, 15) is 8.42 Å². The molecule has 3 N–H and O–H groups in total. The molecule has 0 spiro atoms. The third-order valence-corrected chi connectivity index (χ3v) is 3.99. The van der Waals surface area contributed by atoms with Crippen LogP contribution in [0.3, 0.4) is 0 Å². The smallest absolute Gasteiger partial charge is 0.258 e. The number of aromatic nitrogens is 5. The molecule has 0 unspecified atom stereocenters. The molecule has 0 fully saturated rings. The van der Waals surface area contributed by atoms with Crippen molar-refractivity contribution in [3.8, 4) is 0 Å². The third kappa shape index (κ3) is 3.40. The Morgan fingerprint density at radius 3 is 2.85 bits per heavy atom. The third-order valence-electron chi connectivity index (χ3n) is 2.58. The van der Waals surface area contributed by atoms with Crippen LogP contribution in [0.5, 0.6) is 0 Å². The molecule has 0 atom stereocenters.